The smallest absolute Gasteiger partial charge is 0.429 e. The molecular formula is C14H20N2O4. The molecule has 0 radical (unpaired) electrons. The number of aryl methyl sites for hydroxylation is 1. The Labute approximate surface area is 118 Å². The Hall–Kier alpha value is -2.24. The highest BCUT2D eigenvalue weighted by atomic mass is 16.6. The van der Waals surface area contributed by atoms with Gasteiger partial charge in [0.1, 0.15) is 0 Å². The third kappa shape index (κ3) is 5.17. The van der Waals surface area contributed by atoms with E-state index in [1.165, 1.54) is 0 Å². The van der Waals surface area contributed by atoms with Gasteiger partial charge in [-0.25, -0.2) is 20.0 Å². The molecule has 0 saturated heterocycles. The van der Waals surface area contributed by atoms with Crippen molar-refractivity contribution in [1.82, 2.24) is 10.4 Å². The Balaban J connectivity index is 2.73. The van der Waals surface area contributed by atoms with Crippen LogP contribution in [0.1, 0.15) is 25.0 Å². The molecule has 0 heterocycles. The van der Waals surface area contributed by atoms with Crippen LogP contribution >= 0.6 is 0 Å². The average molecular weight is 280 g/mol. The number of hydrogen-bond acceptors (Lipinski definition) is 4. The number of amides is 2. The summed E-state index contributed by atoms with van der Waals surface area (Å²) >= 11 is 0. The van der Waals surface area contributed by atoms with E-state index in [4.69, 9.17) is 9.47 Å². The summed E-state index contributed by atoms with van der Waals surface area (Å²) in [7, 11) is 0. The zero-order valence-electron chi connectivity index (χ0n) is 12.0. The molecule has 0 atom stereocenters. The first-order valence-corrected chi connectivity index (χ1v) is 6.50. The Morgan fingerprint density at radius 3 is 2.25 bits per heavy atom. The van der Waals surface area contributed by atoms with Crippen molar-refractivity contribution in [3.8, 4) is 0 Å². The molecule has 1 rings (SSSR count). The fourth-order valence-corrected chi connectivity index (χ4v) is 1.50. The average Bonchev–Trinajstić information content (AvgIpc) is 2.41. The summed E-state index contributed by atoms with van der Waals surface area (Å²) in [6.07, 6.45) is -1.31. The molecule has 1 aromatic rings. The van der Waals surface area contributed by atoms with Crippen LogP contribution in [0, 0.1) is 6.92 Å². The molecule has 0 saturated carbocycles. The van der Waals surface area contributed by atoms with Gasteiger partial charge in [0.25, 0.3) is 0 Å². The van der Waals surface area contributed by atoms with Crippen molar-refractivity contribution in [2.45, 2.75) is 27.3 Å². The highest BCUT2D eigenvalue weighted by molar-refractivity contribution is 5.73. The van der Waals surface area contributed by atoms with Gasteiger partial charge in [-0.05, 0) is 26.3 Å². The monoisotopic (exact) mass is 280 g/mol. The maximum absolute atomic E-state index is 11.8. The van der Waals surface area contributed by atoms with E-state index in [1.807, 2.05) is 31.2 Å². The van der Waals surface area contributed by atoms with Gasteiger partial charge in [-0.3, -0.25) is 0 Å². The lowest BCUT2D eigenvalue weighted by Crippen LogP contribution is -2.46. The second kappa shape index (κ2) is 8.04. The van der Waals surface area contributed by atoms with Crippen LogP contribution in [0.4, 0.5) is 9.59 Å². The van der Waals surface area contributed by atoms with Crippen LogP contribution in [0.25, 0.3) is 0 Å². The van der Waals surface area contributed by atoms with E-state index in [0.717, 1.165) is 16.1 Å². The van der Waals surface area contributed by atoms with Crippen LogP contribution in [0.3, 0.4) is 0 Å². The van der Waals surface area contributed by atoms with E-state index in [2.05, 4.69) is 5.43 Å². The van der Waals surface area contributed by atoms with Crippen LogP contribution in [-0.2, 0) is 16.0 Å². The quantitative estimate of drug-likeness (QED) is 0.861. The molecule has 20 heavy (non-hydrogen) atoms. The van der Waals surface area contributed by atoms with Gasteiger partial charge in [0.15, 0.2) is 0 Å². The molecule has 0 bridgehead atoms. The summed E-state index contributed by atoms with van der Waals surface area (Å²) < 4.78 is 9.65. The van der Waals surface area contributed by atoms with E-state index in [-0.39, 0.29) is 19.8 Å². The Kier molecular flexibility index (Phi) is 6.36. The summed E-state index contributed by atoms with van der Waals surface area (Å²) in [5, 5.41) is 1.09. The van der Waals surface area contributed by atoms with Crippen molar-refractivity contribution < 1.29 is 19.1 Å². The maximum Gasteiger partial charge on any atom is 0.429 e. The molecule has 2 amide bonds. The van der Waals surface area contributed by atoms with Crippen molar-refractivity contribution >= 4 is 12.2 Å². The van der Waals surface area contributed by atoms with Crippen LogP contribution in [0.5, 0.6) is 0 Å². The molecule has 0 spiro atoms. The lowest BCUT2D eigenvalue weighted by Gasteiger charge is -2.22. The lowest BCUT2D eigenvalue weighted by atomic mass is 10.1. The number of hydrogen-bond donors (Lipinski definition) is 1. The first kappa shape index (κ1) is 15.8. The number of carbonyl (C=O) groups excluding carboxylic acids is 2. The van der Waals surface area contributed by atoms with E-state index < -0.39 is 12.2 Å². The second-order valence-electron chi connectivity index (χ2n) is 4.10. The molecule has 1 aromatic carbocycles. The van der Waals surface area contributed by atoms with Gasteiger partial charge < -0.3 is 9.47 Å². The zero-order valence-corrected chi connectivity index (χ0v) is 12.0. The Morgan fingerprint density at radius 2 is 1.70 bits per heavy atom. The van der Waals surface area contributed by atoms with Gasteiger partial charge in [-0.2, -0.15) is 0 Å². The van der Waals surface area contributed by atoms with Gasteiger partial charge in [-0.15, -0.1) is 0 Å². The molecule has 0 fully saturated rings. The van der Waals surface area contributed by atoms with Gasteiger partial charge in [0.2, 0.25) is 0 Å². The van der Waals surface area contributed by atoms with E-state index in [0.29, 0.717) is 0 Å². The molecule has 0 aliphatic carbocycles. The van der Waals surface area contributed by atoms with Crippen LogP contribution < -0.4 is 5.43 Å². The van der Waals surface area contributed by atoms with Crippen molar-refractivity contribution in [2.24, 2.45) is 0 Å². The van der Waals surface area contributed by atoms with Crippen LogP contribution in [0.2, 0.25) is 0 Å². The van der Waals surface area contributed by atoms with Gasteiger partial charge in [-0.1, -0.05) is 29.8 Å². The zero-order chi connectivity index (χ0) is 15.0. The largest absolute Gasteiger partial charge is 0.449 e. The summed E-state index contributed by atoms with van der Waals surface area (Å²) in [6.45, 7) is 6.03. The minimum Gasteiger partial charge on any atom is -0.449 e. The number of hydrazine groups is 1. The highest BCUT2D eigenvalue weighted by Crippen LogP contribution is 2.07. The third-order valence-corrected chi connectivity index (χ3v) is 2.45. The number of rotatable bonds is 4. The normalized spacial score (nSPS) is 9.75. The fraction of sp³-hybridized carbons (Fsp3) is 0.429. The molecule has 0 unspecified atom stereocenters. The SMILES string of the molecule is CCOC(=O)NN(Cc1ccc(C)cc1)C(=O)OCC. The first-order chi connectivity index (χ1) is 9.56. The molecule has 0 aliphatic heterocycles. The van der Waals surface area contributed by atoms with Crippen molar-refractivity contribution in [3.63, 3.8) is 0 Å². The maximum atomic E-state index is 11.8. The summed E-state index contributed by atoms with van der Waals surface area (Å²) in [5.41, 5.74) is 4.36. The summed E-state index contributed by atoms with van der Waals surface area (Å²) in [4.78, 5) is 23.2. The summed E-state index contributed by atoms with van der Waals surface area (Å²) in [5.74, 6) is 0. The minimum atomic E-state index is -0.687. The van der Waals surface area contributed by atoms with Crippen molar-refractivity contribution in [3.05, 3.63) is 35.4 Å². The second-order valence-corrected chi connectivity index (χ2v) is 4.10. The molecule has 6 heteroatoms. The van der Waals surface area contributed by atoms with Crippen LogP contribution in [0.15, 0.2) is 24.3 Å². The highest BCUT2D eigenvalue weighted by Gasteiger charge is 2.18. The van der Waals surface area contributed by atoms with E-state index >= 15 is 0 Å². The predicted octanol–water partition coefficient (Wildman–Crippen LogP) is 2.61. The molecule has 0 aromatic heterocycles. The molecular weight excluding hydrogens is 260 g/mol. The number of nitrogens with zero attached hydrogens (tertiary/aromatic N) is 1. The summed E-state index contributed by atoms with van der Waals surface area (Å²) in [6, 6.07) is 7.63. The number of ether oxygens (including phenoxy) is 2. The first-order valence-electron chi connectivity index (χ1n) is 6.50. The number of carbonyl (C=O) groups is 2. The van der Waals surface area contributed by atoms with Crippen molar-refractivity contribution in [2.75, 3.05) is 13.2 Å². The van der Waals surface area contributed by atoms with Crippen molar-refractivity contribution in [1.29, 1.82) is 0 Å². The molecule has 6 nitrogen and oxygen atoms in total. The van der Waals surface area contributed by atoms with E-state index in [1.54, 1.807) is 13.8 Å². The fourth-order valence-electron chi connectivity index (χ4n) is 1.50. The van der Waals surface area contributed by atoms with E-state index in [9.17, 15) is 9.59 Å². The lowest BCUT2D eigenvalue weighted by molar-refractivity contribution is 0.0711. The van der Waals surface area contributed by atoms with Gasteiger partial charge in [0.05, 0.1) is 19.8 Å². The van der Waals surface area contributed by atoms with Gasteiger partial charge in [0, 0.05) is 0 Å². The van der Waals surface area contributed by atoms with Gasteiger partial charge >= 0.3 is 12.2 Å². The third-order valence-electron chi connectivity index (χ3n) is 2.45. The molecule has 1 N–H and O–H groups in total. The molecule has 0 aliphatic rings. The van der Waals surface area contributed by atoms with Crippen LogP contribution in [-0.4, -0.2) is 30.4 Å². The minimum absolute atomic E-state index is 0.206. The standard InChI is InChI=1S/C14H20N2O4/c1-4-19-13(17)15-16(14(18)20-5-2)10-12-8-6-11(3)7-9-12/h6-9H,4-5,10H2,1-3H3,(H,15,17). The Bertz CT molecular complexity index is 445. The Morgan fingerprint density at radius 1 is 1.10 bits per heavy atom. The number of nitrogens with one attached hydrogen (secondary N) is 1. The predicted molar refractivity (Wildman–Crippen MR) is 73.9 cm³/mol. The number of benzene rings is 1. The topological polar surface area (TPSA) is 67.9 Å². The molecule has 110 valence electrons.